The van der Waals surface area contributed by atoms with Gasteiger partial charge in [0.25, 0.3) is 0 Å². The molecule has 0 atom stereocenters. The van der Waals surface area contributed by atoms with Crippen LogP contribution in [0.2, 0.25) is 0 Å². The molecule has 0 spiro atoms. The third-order valence-corrected chi connectivity index (χ3v) is 9.93. The van der Waals surface area contributed by atoms with E-state index in [2.05, 4.69) is 109 Å². The highest BCUT2D eigenvalue weighted by atomic mass is 32.2. The summed E-state index contributed by atoms with van der Waals surface area (Å²) in [5.74, 6) is 0. The van der Waals surface area contributed by atoms with Crippen molar-refractivity contribution in [3.8, 4) is 0 Å². The van der Waals surface area contributed by atoms with Crippen molar-refractivity contribution in [1.82, 2.24) is 0 Å². The maximum atomic E-state index is 2.35. The molecule has 1 aliphatic rings. The second-order valence-electron chi connectivity index (χ2n) is 6.91. The van der Waals surface area contributed by atoms with Crippen molar-refractivity contribution in [2.45, 2.75) is 28.7 Å². The molecule has 0 saturated heterocycles. The SMILES string of the molecule is c1ccc(C2Sc3cccc(c3)SC(c3ccccc3)Sc3cccc(c3)S2)cc1. The minimum Gasteiger partial charge on any atom is -0.106 e. The Morgan fingerprint density at radius 1 is 0.367 bits per heavy atom. The lowest BCUT2D eigenvalue weighted by Crippen LogP contribution is -1.93. The van der Waals surface area contributed by atoms with Gasteiger partial charge in [-0.3, -0.25) is 0 Å². The van der Waals surface area contributed by atoms with Crippen molar-refractivity contribution in [1.29, 1.82) is 0 Å². The molecule has 0 N–H and O–H groups in total. The smallest absolute Gasteiger partial charge is 0.0845 e. The first-order valence-electron chi connectivity index (χ1n) is 9.80. The van der Waals surface area contributed by atoms with Crippen LogP contribution in [0.1, 0.15) is 20.3 Å². The fourth-order valence-corrected chi connectivity index (χ4v) is 8.71. The molecule has 4 heteroatoms. The van der Waals surface area contributed by atoms with Crippen LogP contribution in [-0.2, 0) is 0 Å². The molecule has 1 aliphatic heterocycles. The van der Waals surface area contributed by atoms with Crippen molar-refractivity contribution in [2.24, 2.45) is 0 Å². The number of fused-ring (bicyclic) bond motifs is 4. The van der Waals surface area contributed by atoms with E-state index in [0.717, 1.165) is 0 Å². The maximum Gasteiger partial charge on any atom is 0.0845 e. The predicted octanol–water partition coefficient (Wildman–Crippen LogP) is 9.17. The van der Waals surface area contributed by atoms with Gasteiger partial charge in [0.1, 0.15) is 0 Å². The summed E-state index contributed by atoms with van der Waals surface area (Å²) in [5, 5.41) is 0. The summed E-state index contributed by atoms with van der Waals surface area (Å²) in [6, 6.07) is 39.7. The van der Waals surface area contributed by atoms with Crippen LogP contribution in [0.4, 0.5) is 0 Å². The number of hydrogen-bond donors (Lipinski definition) is 0. The van der Waals surface area contributed by atoms with Gasteiger partial charge in [0.15, 0.2) is 0 Å². The molecule has 0 saturated carbocycles. The Labute approximate surface area is 195 Å². The summed E-state index contributed by atoms with van der Waals surface area (Å²) >= 11 is 7.74. The molecular formula is C26H20S4. The Kier molecular flexibility index (Phi) is 6.47. The van der Waals surface area contributed by atoms with Gasteiger partial charge < -0.3 is 0 Å². The normalized spacial score (nSPS) is 18.8. The molecule has 0 aromatic heterocycles. The van der Waals surface area contributed by atoms with Crippen LogP contribution in [0.3, 0.4) is 0 Å². The Balaban J connectivity index is 1.56. The molecule has 148 valence electrons. The fourth-order valence-electron chi connectivity index (χ4n) is 3.28. The van der Waals surface area contributed by atoms with E-state index in [1.807, 2.05) is 47.0 Å². The van der Waals surface area contributed by atoms with Crippen LogP contribution in [0.15, 0.2) is 129 Å². The topological polar surface area (TPSA) is 0 Å². The van der Waals surface area contributed by atoms with Crippen molar-refractivity contribution in [3.05, 3.63) is 120 Å². The summed E-state index contributed by atoms with van der Waals surface area (Å²) in [6.45, 7) is 0. The average Bonchev–Trinajstić information content (AvgIpc) is 2.79. The lowest BCUT2D eigenvalue weighted by Gasteiger charge is -2.21. The molecule has 0 radical (unpaired) electrons. The van der Waals surface area contributed by atoms with E-state index in [-0.39, 0.29) is 0 Å². The Bertz CT molecular complexity index is 978. The van der Waals surface area contributed by atoms with Crippen LogP contribution in [-0.4, -0.2) is 0 Å². The van der Waals surface area contributed by atoms with Gasteiger partial charge in [0, 0.05) is 19.6 Å². The summed E-state index contributed by atoms with van der Waals surface area (Å²) in [7, 11) is 0. The molecule has 4 aromatic rings. The first-order valence-corrected chi connectivity index (χ1v) is 13.3. The van der Waals surface area contributed by atoms with Crippen LogP contribution >= 0.6 is 47.0 Å². The van der Waals surface area contributed by atoms with Crippen LogP contribution in [0, 0.1) is 0 Å². The van der Waals surface area contributed by atoms with Crippen molar-refractivity contribution >= 4 is 47.0 Å². The molecule has 1 heterocycles. The van der Waals surface area contributed by atoms with Gasteiger partial charge in [-0.1, -0.05) is 72.8 Å². The molecule has 5 rings (SSSR count). The predicted molar refractivity (Wildman–Crippen MR) is 135 cm³/mol. The van der Waals surface area contributed by atoms with Gasteiger partial charge in [-0.05, 0) is 47.5 Å². The monoisotopic (exact) mass is 460 g/mol. The van der Waals surface area contributed by atoms with Crippen LogP contribution in [0.25, 0.3) is 0 Å². The van der Waals surface area contributed by atoms with Gasteiger partial charge in [0.2, 0.25) is 0 Å². The van der Waals surface area contributed by atoms with Gasteiger partial charge in [-0.25, -0.2) is 0 Å². The quantitative estimate of drug-likeness (QED) is 0.292. The summed E-state index contributed by atoms with van der Waals surface area (Å²) in [6.07, 6.45) is 0. The van der Waals surface area contributed by atoms with Gasteiger partial charge in [0.05, 0.1) is 9.16 Å². The highest BCUT2D eigenvalue weighted by Gasteiger charge is 2.20. The zero-order valence-corrected chi connectivity index (χ0v) is 19.4. The molecule has 30 heavy (non-hydrogen) atoms. The minimum absolute atomic E-state index is 0.316. The highest BCUT2D eigenvalue weighted by Crippen LogP contribution is 2.52. The van der Waals surface area contributed by atoms with Gasteiger partial charge in [-0.2, -0.15) is 0 Å². The molecule has 0 aliphatic carbocycles. The van der Waals surface area contributed by atoms with Crippen LogP contribution in [0.5, 0.6) is 0 Å². The Morgan fingerprint density at radius 3 is 1.03 bits per heavy atom. The maximum absolute atomic E-state index is 2.35. The van der Waals surface area contributed by atoms with E-state index in [1.165, 1.54) is 30.7 Å². The summed E-state index contributed by atoms with van der Waals surface area (Å²) in [4.78, 5) is 5.26. The zero-order chi connectivity index (χ0) is 20.2. The van der Waals surface area contributed by atoms with E-state index in [1.54, 1.807) is 0 Å². The van der Waals surface area contributed by atoms with Crippen molar-refractivity contribution < 1.29 is 0 Å². The second-order valence-corrected chi connectivity index (χ2v) is 12.2. The van der Waals surface area contributed by atoms with Crippen molar-refractivity contribution in [2.75, 3.05) is 0 Å². The number of hydrogen-bond acceptors (Lipinski definition) is 4. The number of benzene rings is 4. The molecular weight excluding hydrogens is 441 g/mol. The Morgan fingerprint density at radius 2 is 0.700 bits per heavy atom. The zero-order valence-electron chi connectivity index (χ0n) is 16.2. The number of rotatable bonds is 2. The van der Waals surface area contributed by atoms with Crippen LogP contribution < -0.4 is 0 Å². The molecule has 0 fully saturated rings. The summed E-state index contributed by atoms with van der Waals surface area (Å²) < 4.78 is 0.632. The largest absolute Gasteiger partial charge is 0.106 e. The third kappa shape index (κ3) is 4.94. The van der Waals surface area contributed by atoms with E-state index in [4.69, 9.17) is 0 Å². The van der Waals surface area contributed by atoms with Gasteiger partial charge >= 0.3 is 0 Å². The molecule has 0 amide bonds. The van der Waals surface area contributed by atoms with Crippen molar-refractivity contribution in [3.63, 3.8) is 0 Å². The van der Waals surface area contributed by atoms with E-state index in [0.29, 0.717) is 9.16 Å². The average molecular weight is 461 g/mol. The lowest BCUT2D eigenvalue weighted by molar-refractivity contribution is 1.26. The fraction of sp³-hybridized carbons (Fsp3) is 0.0769. The first kappa shape index (κ1) is 20.2. The first-order chi connectivity index (χ1) is 14.8. The number of thioether (sulfide) groups is 4. The molecule has 4 aromatic carbocycles. The molecule has 0 nitrogen and oxygen atoms in total. The molecule has 4 bridgehead atoms. The van der Waals surface area contributed by atoms with E-state index < -0.39 is 0 Å². The summed E-state index contributed by atoms with van der Waals surface area (Å²) in [5.41, 5.74) is 2.70. The molecule has 0 unspecified atom stereocenters. The van der Waals surface area contributed by atoms with Gasteiger partial charge in [-0.15, -0.1) is 47.0 Å². The minimum atomic E-state index is 0.316. The Hall–Kier alpha value is -1.72. The van der Waals surface area contributed by atoms with E-state index in [9.17, 15) is 0 Å². The second kappa shape index (κ2) is 9.61. The van der Waals surface area contributed by atoms with E-state index >= 15 is 0 Å². The third-order valence-electron chi connectivity index (χ3n) is 4.73. The lowest BCUT2D eigenvalue weighted by atomic mass is 10.2. The standard InChI is InChI=1S/C26H20S4/c1-3-9-19(10-4-1)25-27-21-13-7-15-23(17-21)29-26(20-11-5-2-6-12-20)30-24-16-8-14-22(18-24)28-25/h1-18,25-26H. The highest BCUT2D eigenvalue weighted by molar-refractivity contribution is 8.17.